The summed E-state index contributed by atoms with van der Waals surface area (Å²) in [6.45, 7) is 2.08. The quantitative estimate of drug-likeness (QED) is 0.654. The Bertz CT molecular complexity index is 942. The monoisotopic (exact) mass is 374 g/mol. The van der Waals surface area contributed by atoms with Crippen LogP contribution < -0.4 is 14.4 Å². The molecular formula is C23H22N2O3. The number of nitrogens with zero attached hydrogens (tertiary/aromatic N) is 2. The zero-order chi connectivity index (χ0) is 19.3. The molecule has 4 rings (SSSR count). The summed E-state index contributed by atoms with van der Waals surface area (Å²) in [5, 5.41) is 0. The Morgan fingerprint density at radius 2 is 1.79 bits per heavy atom. The lowest BCUT2D eigenvalue weighted by molar-refractivity contribution is -0.121. The van der Waals surface area contributed by atoms with Crippen LogP contribution in [-0.4, -0.2) is 23.5 Å². The summed E-state index contributed by atoms with van der Waals surface area (Å²) in [6.07, 6.45) is 3.64. The van der Waals surface area contributed by atoms with Crippen LogP contribution in [0.3, 0.4) is 0 Å². The largest absolute Gasteiger partial charge is 0.484 e. The number of pyridine rings is 1. The van der Waals surface area contributed by atoms with E-state index in [2.05, 4.69) is 18.0 Å². The van der Waals surface area contributed by atoms with Gasteiger partial charge in [-0.1, -0.05) is 24.3 Å². The standard InChI is InChI=1S/C23H22N2O3/c1-17-9-10-18-6-2-3-7-21(18)25(17)23(26)16-27-19-11-13-20(14-12-19)28-22-8-4-5-15-24-22/h2-8,11-15,17H,9-10,16H2,1H3. The average Bonchev–Trinajstić information content (AvgIpc) is 2.74. The van der Waals surface area contributed by atoms with Crippen LogP contribution in [0.4, 0.5) is 5.69 Å². The van der Waals surface area contributed by atoms with Crippen molar-refractivity contribution in [2.24, 2.45) is 0 Å². The normalized spacial score (nSPS) is 15.6. The molecule has 5 heteroatoms. The van der Waals surface area contributed by atoms with E-state index < -0.39 is 0 Å². The van der Waals surface area contributed by atoms with Crippen LogP contribution in [0.2, 0.25) is 0 Å². The predicted octanol–water partition coefficient (Wildman–Crippen LogP) is 4.62. The molecule has 2 aromatic carbocycles. The number of anilines is 1. The zero-order valence-electron chi connectivity index (χ0n) is 15.7. The van der Waals surface area contributed by atoms with E-state index in [-0.39, 0.29) is 18.6 Å². The number of amides is 1. The van der Waals surface area contributed by atoms with E-state index in [1.807, 2.05) is 35.2 Å². The number of hydrogen-bond donors (Lipinski definition) is 0. The van der Waals surface area contributed by atoms with Gasteiger partial charge >= 0.3 is 0 Å². The third-order valence-corrected chi connectivity index (χ3v) is 4.84. The second-order valence-corrected chi connectivity index (χ2v) is 6.81. The SMILES string of the molecule is CC1CCc2ccccc2N1C(=O)COc1ccc(Oc2ccccn2)cc1. The average molecular weight is 374 g/mol. The molecule has 0 N–H and O–H groups in total. The van der Waals surface area contributed by atoms with Crippen molar-refractivity contribution in [3.63, 3.8) is 0 Å². The number of fused-ring (bicyclic) bond motifs is 1. The molecule has 1 aliphatic heterocycles. The minimum absolute atomic E-state index is 0.000874. The van der Waals surface area contributed by atoms with Crippen LogP contribution in [0, 0.1) is 0 Å². The van der Waals surface area contributed by atoms with Crippen LogP contribution in [0.1, 0.15) is 18.9 Å². The van der Waals surface area contributed by atoms with Gasteiger partial charge in [-0.05, 0) is 61.7 Å². The number of hydrogen-bond acceptors (Lipinski definition) is 4. The molecule has 0 fully saturated rings. The third kappa shape index (κ3) is 3.98. The van der Waals surface area contributed by atoms with Crippen molar-refractivity contribution < 1.29 is 14.3 Å². The molecule has 0 saturated carbocycles. The van der Waals surface area contributed by atoms with Gasteiger partial charge in [0.15, 0.2) is 6.61 Å². The number of carbonyl (C=O) groups is 1. The lowest BCUT2D eigenvalue weighted by Gasteiger charge is -2.35. The van der Waals surface area contributed by atoms with Crippen molar-refractivity contribution >= 4 is 11.6 Å². The van der Waals surface area contributed by atoms with Crippen LogP contribution in [0.5, 0.6) is 17.4 Å². The molecule has 0 saturated heterocycles. The van der Waals surface area contributed by atoms with Gasteiger partial charge in [0.2, 0.25) is 5.88 Å². The zero-order valence-corrected chi connectivity index (χ0v) is 15.7. The van der Waals surface area contributed by atoms with E-state index in [0.29, 0.717) is 17.4 Å². The second-order valence-electron chi connectivity index (χ2n) is 6.81. The van der Waals surface area contributed by atoms with Gasteiger partial charge in [-0.2, -0.15) is 0 Å². The van der Waals surface area contributed by atoms with E-state index in [1.54, 1.807) is 36.5 Å². The van der Waals surface area contributed by atoms with Crippen LogP contribution >= 0.6 is 0 Å². The molecule has 142 valence electrons. The highest BCUT2D eigenvalue weighted by atomic mass is 16.5. The first-order valence-corrected chi connectivity index (χ1v) is 9.42. The molecule has 3 aromatic rings. The summed E-state index contributed by atoms with van der Waals surface area (Å²) in [7, 11) is 0. The van der Waals surface area contributed by atoms with E-state index in [9.17, 15) is 4.79 Å². The maximum Gasteiger partial charge on any atom is 0.265 e. The van der Waals surface area contributed by atoms with E-state index in [4.69, 9.17) is 9.47 Å². The number of para-hydroxylation sites is 1. The van der Waals surface area contributed by atoms with Crippen molar-refractivity contribution in [3.05, 3.63) is 78.5 Å². The molecule has 5 nitrogen and oxygen atoms in total. The molecule has 28 heavy (non-hydrogen) atoms. The van der Waals surface area contributed by atoms with Crippen molar-refractivity contribution in [2.45, 2.75) is 25.8 Å². The van der Waals surface area contributed by atoms with Crippen LogP contribution in [0.15, 0.2) is 72.9 Å². The van der Waals surface area contributed by atoms with Crippen molar-refractivity contribution in [1.29, 1.82) is 0 Å². The first-order valence-electron chi connectivity index (χ1n) is 9.42. The molecule has 0 aliphatic carbocycles. The fourth-order valence-electron chi connectivity index (χ4n) is 3.42. The number of benzene rings is 2. The number of ether oxygens (including phenoxy) is 2. The lowest BCUT2D eigenvalue weighted by atomic mass is 9.96. The van der Waals surface area contributed by atoms with E-state index in [0.717, 1.165) is 18.5 Å². The Labute approximate surface area is 164 Å². The molecule has 1 aromatic heterocycles. The minimum Gasteiger partial charge on any atom is -0.484 e. The first kappa shape index (κ1) is 18.0. The van der Waals surface area contributed by atoms with Gasteiger partial charge in [0.05, 0.1) is 0 Å². The second kappa shape index (κ2) is 8.13. The molecule has 2 heterocycles. The summed E-state index contributed by atoms with van der Waals surface area (Å²) in [5.74, 6) is 1.79. The summed E-state index contributed by atoms with van der Waals surface area (Å²) in [6, 6.07) is 20.9. The predicted molar refractivity (Wildman–Crippen MR) is 108 cm³/mol. The third-order valence-electron chi connectivity index (χ3n) is 4.84. The Morgan fingerprint density at radius 3 is 2.57 bits per heavy atom. The molecule has 1 unspecified atom stereocenters. The Morgan fingerprint density at radius 1 is 1.04 bits per heavy atom. The highest BCUT2D eigenvalue weighted by molar-refractivity contribution is 5.96. The summed E-state index contributed by atoms with van der Waals surface area (Å²) in [5.41, 5.74) is 2.21. The summed E-state index contributed by atoms with van der Waals surface area (Å²) >= 11 is 0. The van der Waals surface area contributed by atoms with Gasteiger partial charge in [0.25, 0.3) is 5.91 Å². The molecule has 1 amide bonds. The van der Waals surface area contributed by atoms with Gasteiger partial charge in [-0.3, -0.25) is 4.79 Å². The highest BCUT2D eigenvalue weighted by Crippen LogP contribution is 2.30. The van der Waals surface area contributed by atoms with Gasteiger partial charge in [0.1, 0.15) is 11.5 Å². The maximum absolute atomic E-state index is 12.8. The van der Waals surface area contributed by atoms with Crippen LogP contribution in [0.25, 0.3) is 0 Å². The maximum atomic E-state index is 12.8. The summed E-state index contributed by atoms with van der Waals surface area (Å²) < 4.78 is 11.4. The fraction of sp³-hybridized carbons (Fsp3) is 0.217. The van der Waals surface area contributed by atoms with Gasteiger partial charge in [-0.15, -0.1) is 0 Å². The van der Waals surface area contributed by atoms with Gasteiger partial charge in [0, 0.05) is 24.0 Å². The molecule has 1 atom stereocenters. The van der Waals surface area contributed by atoms with Gasteiger partial charge in [-0.25, -0.2) is 4.98 Å². The van der Waals surface area contributed by atoms with Crippen molar-refractivity contribution in [2.75, 3.05) is 11.5 Å². The number of aromatic nitrogens is 1. The number of rotatable bonds is 5. The topological polar surface area (TPSA) is 51.7 Å². The number of carbonyl (C=O) groups excluding carboxylic acids is 1. The number of aryl methyl sites for hydroxylation is 1. The smallest absolute Gasteiger partial charge is 0.265 e. The molecule has 0 spiro atoms. The highest BCUT2D eigenvalue weighted by Gasteiger charge is 2.28. The minimum atomic E-state index is -0.0338. The Kier molecular flexibility index (Phi) is 5.24. The van der Waals surface area contributed by atoms with Gasteiger partial charge < -0.3 is 14.4 Å². The molecule has 1 aliphatic rings. The Balaban J connectivity index is 1.38. The molecule has 0 radical (unpaired) electrons. The summed E-state index contributed by atoms with van der Waals surface area (Å²) in [4.78, 5) is 18.8. The Hall–Kier alpha value is -3.34. The lowest BCUT2D eigenvalue weighted by Crippen LogP contribution is -2.44. The molecular weight excluding hydrogens is 352 g/mol. The fourth-order valence-corrected chi connectivity index (χ4v) is 3.42. The van der Waals surface area contributed by atoms with Crippen molar-refractivity contribution in [3.8, 4) is 17.4 Å². The van der Waals surface area contributed by atoms with E-state index >= 15 is 0 Å². The first-order chi connectivity index (χ1) is 13.7. The van der Waals surface area contributed by atoms with Crippen molar-refractivity contribution in [1.82, 2.24) is 4.98 Å². The van der Waals surface area contributed by atoms with E-state index in [1.165, 1.54) is 5.56 Å². The van der Waals surface area contributed by atoms with Crippen LogP contribution in [-0.2, 0) is 11.2 Å². The molecule has 0 bridgehead atoms.